The predicted octanol–water partition coefficient (Wildman–Crippen LogP) is 5.37. The molecule has 1 unspecified atom stereocenters. The number of fused-ring (bicyclic) bond motifs is 4. The number of amides is 1. The van der Waals surface area contributed by atoms with Crippen LogP contribution < -0.4 is 10.1 Å². The van der Waals surface area contributed by atoms with Gasteiger partial charge in [0.05, 0.1) is 12.6 Å². The molecule has 6 heteroatoms. The maximum Gasteiger partial charge on any atom is 0.407 e. The Morgan fingerprint density at radius 3 is 2.65 bits per heavy atom. The van der Waals surface area contributed by atoms with Gasteiger partial charge in [0, 0.05) is 24.4 Å². The van der Waals surface area contributed by atoms with Crippen molar-refractivity contribution in [3.63, 3.8) is 0 Å². The minimum absolute atomic E-state index is 0.0234. The number of unbranched alkanes of at least 4 members (excludes halogenated alkanes) is 1. The molecule has 3 fully saturated rings. The van der Waals surface area contributed by atoms with Crippen LogP contribution in [0.5, 0.6) is 5.88 Å². The fourth-order valence-corrected chi connectivity index (χ4v) is 5.80. The molecule has 1 N–H and O–H groups in total. The Hall–Kier alpha value is -2.60. The summed E-state index contributed by atoms with van der Waals surface area (Å²) in [6, 6.07) is 10.5. The van der Waals surface area contributed by atoms with Crippen LogP contribution in [0.3, 0.4) is 0 Å². The predicted molar refractivity (Wildman–Crippen MR) is 133 cm³/mol. The molecule has 6 nitrogen and oxygen atoms in total. The monoisotopic (exact) mass is 463 g/mol. The number of aromatic nitrogens is 1. The number of pyridine rings is 1. The SMILES string of the molecule is CCCCOc1ccc(-c2ccc3c(c2)CC(C)(C)C3NC(=O)O[C@H]2CN3CCC2CC3)cn1. The molecule has 34 heavy (non-hydrogen) atoms. The van der Waals surface area contributed by atoms with Crippen molar-refractivity contribution >= 4 is 6.09 Å². The topological polar surface area (TPSA) is 63.7 Å². The van der Waals surface area contributed by atoms with Gasteiger partial charge in [0.15, 0.2) is 0 Å². The Morgan fingerprint density at radius 1 is 1.18 bits per heavy atom. The molecule has 1 amide bonds. The lowest BCUT2D eigenvalue weighted by atomic mass is 9.85. The van der Waals surface area contributed by atoms with E-state index in [-0.39, 0.29) is 23.7 Å². The zero-order chi connectivity index (χ0) is 23.7. The van der Waals surface area contributed by atoms with Crippen LogP contribution in [-0.2, 0) is 11.2 Å². The van der Waals surface area contributed by atoms with Gasteiger partial charge in [-0.05, 0) is 72.9 Å². The number of piperidine rings is 3. The van der Waals surface area contributed by atoms with E-state index in [4.69, 9.17) is 9.47 Å². The summed E-state index contributed by atoms with van der Waals surface area (Å²) in [5, 5.41) is 3.21. The zero-order valence-corrected chi connectivity index (χ0v) is 20.7. The molecule has 2 aromatic rings. The first-order chi connectivity index (χ1) is 16.4. The fraction of sp³-hybridized carbons (Fsp3) is 0.571. The van der Waals surface area contributed by atoms with Crippen molar-refractivity contribution in [3.05, 3.63) is 47.7 Å². The van der Waals surface area contributed by atoms with Gasteiger partial charge in [-0.15, -0.1) is 0 Å². The molecule has 4 heterocycles. The average Bonchev–Trinajstić information content (AvgIpc) is 3.09. The van der Waals surface area contributed by atoms with E-state index in [0.717, 1.165) is 62.9 Å². The maximum atomic E-state index is 12.9. The molecular formula is C28H37N3O3. The molecule has 3 aliphatic heterocycles. The van der Waals surface area contributed by atoms with Gasteiger partial charge < -0.3 is 14.8 Å². The third-order valence-electron chi connectivity index (χ3n) is 7.82. The fourth-order valence-electron chi connectivity index (χ4n) is 5.80. The molecule has 6 rings (SSSR count). The van der Waals surface area contributed by atoms with E-state index in [1.165, 1.54) is 11.1 Å². The van der Waals surface area contributed by atoms with Crippen LogP contribution in [0, 0.1) is 11.3 Å². The van der Waals surface area contributed by atoms with Crippen molar-refractivity contribution in [3.8, 4) is 17.0 Å². The van der Waals surface area contributed by atoms with Gasteiger partial charge in [-0.2, -0.15) is 0 Å². The summed E-state index contributed by atoms with van der Waals surface area (Å²) in [6.07, 6.45) is 6.95. The first kappa shape index (κ1) is 23.2. The summed E-state index contributed by atoms with van der Waals surface area (Å²) >= 11 is 0. The van der Waals surface area contributed by atoms with Crippen molar-refractivity contribution in [2.45, 2.75) is 65.0 Å². The second-order valence-electron chi connectivity index (χ2n) is 10.8. The largest absolute Gasteiger partial charge is 0.478 e. The van der Waals surface area contributed by atoms with Crippen LogP contribution in [0.2, 0.25) is 0 Å². The number of carbonyl (C=O) groups excluding carboxylic acids is 1. The molecule has 1 aromatic heterocycles. The zero-order valence-electron chi connectivity index (χ0n) is 20.7. The van der Waals surface area contributed by atoms with E-state index >= 15 is 0 Å². The van der Waals surface area contributed by atoms with Crippen molar-refractivity contribution in [2.75, 3.05) is 26.2 Å². The summed E-state index contributed by atoms with van der Waals surface area (Å²) < 4.78 is 11.6. The number of benzene rings is 1. The molecule has 0 spiro atoms. The quantitative estimate of drug-likeness (QED) is 0.559. The third-order valence-corrected chi connectivity index (χ3v) is 7.82. The Bertz CT molecular complexity index is 1010. The Morgan fingerprint density at radius 2 is 1.97 bits per heavy atom. The summed E-state index contributed by atoms with van der Waals surface area (Å²) in [4.78, 5) is 19.8. The van der Waals surface area contributed by atoms with Gasteiger partial charge in [-0.25, -0.2) is 9.78 Å². The second-order valence-corrected chi connectivity index (χ2v) is 10.8. The van der Waals surface area contributed by atoms with Crippen LogP contribution in [0.1, 0.15) is 63.6 Å². The van der Waals surface area contributed by atoms with Crippen molar-refractivity contribution < 1.29 is 14.3 Å². The van der Waals surface area contributed by atoms with Crippen LogP contribution in [0.15, 0.2) is 36.5 Å². The van der Waals surface area contributed by atoms with Crippen molar-refractivity contribution in [1.29, 1.82) is 0 Å². The summed E-state index contributed by atoms with van der Waals surface area (Å²) in [5.74, 6) is 1.18. The second kappa shape index (κ2) is 9.57. The van der Waals surface area contributed by atoms with E-state index in [0.29, 0.717) is 18.4 Å². The minimum Gasteiger partial charge on any atom is -0.478 e. The first-order valence-corrected chi connectivity index (χ1v) is 12.8. The lowest BCUT2D eigenvalue weighted by Crippen LogP contribution is -2.53. The molecule has 2 bridgehead atoms. The highest BCUT2D eigenvalue weighted by Gasteiger charge is 2.42. The van der Waals surface area contributed by atoms with Crippen molar-refractivity contribution in [1.82, 2.24) is 15.2 Å². The first-order valence-electron chi connectivity index (χ1n) is 12.8. The number of hydrogen-bond donors (Lipinski definition) is 1. The number of rotatable bonds is 7. The van der Waals surface area contributed by atoms with Crippen LogP contribution in [-0.4, -0.2) is 48.3 Å². The highest BCUT2D eigenvalue weighted by atomic mass is 16.6. The highest BCUT2D eigenvalue weighted by Crippen LogP contribution is 2.46. The van der Waals surface area contributed by atoms with Crippen LogP contribution >= 0.6 is 0 Å². The number of alkyl carbamates (subject to hydrolysis) is 1. The molecule has 0 radical (unpaired) electrons. The molecule has 2 atom stereocenters. The van der Waals surface area contributed by atoms with Gasteiger partial charge in [-0.3, -0.25) is 4.90 Å². The number of nitrogens with zero attached hydrogens (tertiary/aromatic N) is 2. The number of nitrogens with one attached hydrogen (secondary N) is 1. The standard InChI is InChI=1S/C28H37N3O3/c1-4-5-14-33-25-9-7-21(17-29-25)20-6-8-23-22(15-20)16-28(2,3)26(23)30-27(32)34-24-18-31-12-10-19(24)11-13-31/h6-9,15,17,19,24,26H,4-5,10-14,16,18H2,1-3H3,(H,30,32)/t24-,26?/m0/s1. The number of hydrogen-bond acceptors (Lipinski definition) is 5. The average molecular weight is 464 g/mol. The number of ether oxygens (including phenoxy) is 2. The van der Waals surface area contributed by atoms with Gasteiger partial charge in [0.2, 0.25) is 5.88 Å². The van der Waals surface area contributed by atoms with E-state index in [1.54, 1.807) is 0 Å². The smallest absolute Gasteiger partial charge is 0.407 e. The molecule has 1 aliphatic carbocycles. The molecule has 0 saturated carbocycles. The lowest BCUT2D eigenvalue weighted by molar-refractivity contribution is -0.0348. The molecule has 1 aromatic carbocycles. The van der Waals surface area contributed by atoms with Gasteiger partial charge in [0.25, 0.3) is 0 Å². The lowest BCUT2D eigenvalue weighted by Gasteiger charge is -2.44. The van der Waals surface area contributed by atoms with E-state index in [1.807, 2.05) is 12.3 Å². The van der Waals surface area contributed by atoms with Gasteiger partial charge in [-0.1, -0.05) is 45.4 Å². The third kappa shape index (κ3) is 4.78. The summed E-state index contributed by atoms with van der Waals surface area (Å²) in [6.45, 7) is 10.4. The van der Waals surface area contributed by atoms with Crippen LogP contribution in [0.4, 0.5) is 4.79 Å². The minimum atomic E-state index is -0.281. The maximum absolute atomic E-state index is 12.9. The van der Waals surface area contributed by atoms with E-state index in [2.05, 4.69) is 60.2 Å². The molecule has 4 aliphatic rings. The van der Waals surface area contributed by atoms with Crippen LogP contribution in [0.25, 0.3) is 11.1 Å². The van der Waals surface area contributed by atoms with E-state index < -0.39 is 0 Å². The summed E-state index contributed by atoms with van der Waals surface area (Å²) in [7, 11) is 0. The Labute approximate surface area is 203 Å². The number of carbonyl (C=O) groups is 1. The molecular weight excluding hydrogens is 426 g/mol. The Balaban J connectivity index is 1.26. The van der Waals surface area contributed by atoms with Gasteiger partial charge >= 0.3 is 6.09 Å². The Kier molecular flexibility index (Phi) is 6.52. The van der Waals surface area contributed by atoms with E-state index in [9.17, 15) is 4.79 Å². The normalized spacial score (nSPS) is 26.7. The van der Waals surface area contributed by atoms with Crippen molar-refractivity contribution in [2.24, 2.45) is 11.3 Å². The van der Waals surface area contributed by atoms with Gasteiger partial charge in [0.1, 0.15) is 6.10 Å². The molecule has 3 saturated heterocycles. The molecule has 182 valence electrons. The summed E-state index contributed by atoms with van der Waals surface area (Å²) in [5.41, 5.74) is 4.59. The highest BCUT2D eigenvalue weighted by molar-refractivity contribution is 5.70.